The van der Waals surface area contributed by atoms with Crippen molar-refractivity contribution in [3.8, 4) is 0 Å². The molecule has 0 bridgehead atoms. The second-order valence-electron chi connectivity index (χ2n) is 7.62. The molecule has 3 nitrogen and oxygen atoms in total. The van der Waals surface area contributed by atoms with E-state index in [4.69, 9.17) is 5.73 Å². The summed E-state index contributed by atoms with van der Waals surface area (Å²) >= 11 is 0. The first-order valence-corrected chi connectivity index (χ1v) is 9.02. The van der Waals surface area contributed by atoms with E-state index < -0.39 is 0 Å². The van der Waals surface area contributed by atoms with Gasteiger partial charge in [0.05, 0.1) is 0 Å². The lowest BCUT2D eigenvalue weighted by Crippen LogP contribution is -2.45. The van der Waals surface area contributed by atoms with E-state index in [1.807, 2.05) is 0 Å². The Morgan fingerprint density at radius 1 is 1.00 bits per heavy atom. The van der Waals surface area contributed by atoms with Crippen LogP contribution in [0.5, 0.6) is 0 Å². The molecular weight excluding hydrogens is 270 g/mol. The lowest BCUT2D eigenvalue weighted by molar-refractivity contribution is 0.198. The van der Waals surface area contributed by atoms with Gasteiger partial charge in [-0.05, 0) is 56.1 Å². The van der Waals surface area contributed by atoms with Crippen molar-refractivity contribution >= 4 is 5.69 Å². The third-order valence-electron chi connectivity index (χ3n) is 6.11. The molecule has 3 aliphatic rings. The van der Waals surface area contributed by atoms with Gasteiger partial charge in [0.25, 0.3) is 0 Å². The predicted molar refractivity (Wildman–Crippen MR) is 92.2 cm³/mol. The Labute approximate surface area is 134 Å². The van der Waals surface area contributed by atoms with E-state index in [9.17, 15) is 0 Å². The second kappa shape index (κ2) is 5.86. The van der Waals surface area contributed by atoms with Gasteiger partial charge in [-0.3, -0.25) is 4.90 Å². The summed E-state index contributed by atoms with van der Waals surface area (Å²) in [6.07, 6.45) is 5.44. The van der Waals surface area contributed by atoms with Crippen LogP contribution in [0.1, 0.15) is 31.2 Å². The van der Waals surface area contributed by atoms with Gasteiger partial charge in [-0.15, -0.1) is 0 Å². The molecule has 0 amide bonds. The van der Waals surface area contributed by atoms with E-state index >= 15 is 0 Å². The molecule has 1 aliphatic carbocycles. The molecule has 3 heteroatoms. The molecule has 2 aliphatic heterocycles. The smallest absolute Gasteiger partial charge is 0.0395 e. The standard InChI is InChI=1S/C19H29N3/c1-14-4-2-3-5-19(14)21-10-8-16(9-11-21)22-12-17(15-6-7-15)18(20)13-22/h2-5,15-18H,6-13,20H2,1H3/t17-,18+/m1/s1. The van der Waals surface area contributed by atoms with Crippen molar-refractivity contribution in [3.63, 3.8) is 0 Å². The molecule has 2 atom stereocenters. The fourth-order valence-corrected chi connectivity index (χ4v) is 4.60. The number of nitrogens with two attached hydrogens (primary N) is 1. The van der Waals surface area contributed by atoms with Crippen LogP contribution in [-0.4, -0.2) is 43.2 Å². The maximum atomic E-state index is 6.40. The number of benzene rings is 1. The van der Waals surface area contributed by atoms with Crippen LogP contribution >= 0.6 is 0 Å². The summed E-state index contributed by atoms with van der Waals surface area (Å²) in [6.45, 7) is 7.00. The van der Waals surface area contributed by atoms with Crippen LogP contribution in [0.4, 0.5) is 5.69 Å². The number of likely N-dealkylation sites (tertiary alicyclic amines) is 1. The van der Waals surface area contributed by atoms with Crippen molar-refractivity contribution in [1.82, 2.24) is 4.90 Å². The van der Waals surface area contributed by atoms with E-state index in [0.29, 0.717) is 6.04 Å². The van der Waals surface area contributed by atoms with Crippen LogP contribution in [0.3, 0.4) is 0 Å². The Balaban J connectivity index is 1.35. The minimum Gasteiger partial charge on any atom is -0.371 e. The lowest BCUT2D eigenvalue weighted by Gasteiger charge is -2.38. The van der Waals surface area contributed by atoms with Crippen molar-refractivity contribution in [3.05, 3.63) is 29.8 Å². The normalized spacial score (nSPS) is 30.9. The SMILES string of the molecule is Cc1ccccc1N1CCC(N2C[C@H](C3CC3)[C@@H](N)C2)CC1. The highest BCUT2D eigenvalue weighted by Crippen LogP contribution is 2.41. The van der Waals surface area contributed by atoms with Gasteiger partial charge in [-0.1, -0.05) is 18.2 Å². The van der Waals surface area contributed by atoms with Crippen molar-refractivity contribution < 1.29 is 0 Å². The fourth-order valence-electron chi connectivity index (χ4n) is 4.60. The number of para-hydroxylation sites is 1. The van der Waals surface area contributed by atoms with Gasteiger partial charge in [-0.25, -0.2) is 0 Å². The molecule has 0 radical (unpaired) electrons. The topological polar surface area (TPSA) is 32.5 Å². The Morgan fingerprint density at radius 3 is 2.41 bits per heavy atom. The molecule has 1 saturated carbocycles. The zero-order chi connectivity index (χ0) is 15.1. The number of nitrogens with zero attached hydrogens (tertiary/aromatic N) is 2. The average Bonchev–Trinajstić information content (AvgIpc) is 3.31. The van der Waals surface area contributed by atoms with Gasteiger partial charge in [0.1, 0.15) is 0 Å². The molecule has 2 heterocycles. The largest absolute Gasteiger partial charge is 0.371 e. The number of hydrogen-bond acceptors (Lipinski definition) is 3. The number of piperidine rings is 1. The fraction of sp³-hybridized carbons (Fsp3) is 0.684. The molecule has 0 aromatic heterocycles. The van der Waals surface area contributed by atoms with Gasteiger partial charge in [0.2, 0.25) is 0 Å². The molecule has 0 spiro atoms. The van der Waals surface area contributed by atoms with E-state index in [1.165, 1.54) is 56.6 Å². The average molecular weight is 299 g/mol. The van der Waals surface area contributed by atoms with Crippen LogP contribution in [0.2, 0.25) is 0 Å². The predicted octanol–water partition coefficient (Wildman–Crippen LogP) is 2.63. The third-order valence-corrected chi connectivity index (χ3v) is 6.11. The quantitative estimate of drug-likeness (QED) is 0.931. The molecule has 2 saturated heterocycles. The summed E-state index contributed by atoms with van der Waals surface area (Å²) in [4.78, 5) is 5.28. The van der Waals surface area contributed by atoms with Gasteiger partial charge >= 0.3 is 0 Å². The van der Waals surface area contributed by atoms with Gasteiger partial charge in [0.15, 0.2) is 0 Å². The zero-order valence-corrected chi connectivity index (χ0v) is 13.7. The van der Waals surface area contributed by atoms with E-state index in [-0.39, 0.29) is 0 Å². The van der Waals surface area contributed by atoms with E-state index in [2.05, 4.69) is 41.0 Å². The molecule has 4 rings (SSSR count). The molecular formula is C19H29N3. The van der Waals surface area contributed by atoms with E-state index in [0.717, 1.165) is 24.4 Å². The maximum absolute atomic E-state index is 6.40. The summed E-state index contributed by atoms with van der Waals surface area (Å²) in [5.41, 5.74) is 9.23. The first kappa shape index (κ1) is 14.5. The molecule has 22 heavy (non-hydrogen) atoms. The first-order chi connectivity index (χ1) is 10.7. The van der Waals surface area contributed by atoms with Crippen molar-refractivity contribution in [2.24, 2.45) is 17.6 Å². The third kappa shape index (κ3) is 2.77. The first-order valence-electron chi connectivity index (χ1n) is 9.02. The van der Waals surface area contributed by atoms with Gasteiger partial charge in [0, 0.05) is 44.0 Å². The highest BCUT2D eigenvalue weighted by atomic mass is 15.2. The summed E-state index contributed by atoms with van der Waals surface area (Å²) in [6, 6.07) is 9.98. The Morgan fingerprint density at radius 2 is 1.73 bits per heavy atom. The van der Waals surface area contributed by atoms with Crippen LogP contribution < -0.4 is 10.6 Å². The van der Waals surface area contributed by atoms with Gasteiger partial charge in [-0.2, -0.15) is 0 Å². The second-order valence-corrected chi connectivity index (χ2v) is 7.62. The van der Waals surface area contributed by atoms with E-state index in [1.54, 1.807) is 0 Å². The van der Waals surface area contributed by atoms with Gasteiger partial charge < -0.3 is 10.6 Å². The molecule has 1 aromatic carbocycles. The van der Waals surface area contributed by atoms with Crippen LogP contribution in [0.25, 0.3) is 0 Å². The summed E-state index contributed by atoms with van der Waals surface area (Å²) in [5, 5.41) is 0. The highest BCUT2D eigenvalue weighted by Gasteiger charge is 2.42. The zero-order valence-electron chi connectivity index (χ0n) is 13.7. The summed E-state index contributed by atoms with van der Waals surface area (Å²) in [5.74, 6) is 1.74. The molecule has 1 aromatic rings. The minimum absolute atomic E-state index is 0.432. The minimum atomic E-state index is 0.432. The maximum Gasteiger partial charge on any atom is 0.0395 e. The number of rotatable bonds is 3. The molecule has 3 fully saturated rings. The molecule has 0 unspecified atom stereocenters. The summed E-state index contributed by atoms with van der Waals surface area (Å²) < 4.78 is 0. The van der Waals surface area contributed by atoms with Crippen molar-refractivity contribution in [2.45, 2.75) is 44.7 Å². The Kier molecular flexibility index (Phi) is 3.87. The Hall–Kier alpha value is -1.06. The number of hydrogen-bond donors (Lipinski definition) is 1. The Bertz CT molecular complexity index is 517. The molecule has 2 N–H and O–H groups in total. The van der Waals surface area contributed by atoms with Crippen molar-refractivity contribution in [2.75, 3.05) is 31.1 Å². The van der Waals surface area contributed by atoms with Crippen LogP contribution in [0.15, 0.2) is 24.3 Å². The van der Waals surface area contributed by atoms with Crippen molar-refractivity contribution in [1.29, 1.82) is 0 Å². The van der Waals surface area contributed by atoms with Crippen LogP contribution in [-0.2, 0) is 0 Å². The molecule has 120 valence electrons. The monoisotopic (exact) mass is 299 g/mol. The summed E-state index contributed by atoms with van der Waals surface area (Å²) in [7, 11) is 0. The lowest BCUT2D eigenvalue weighted by atomic mass is 9.99. The number of aryl methyl sites for hydroxylation is 1. The number of anilines is 1. The highest BCUT2D eigenvalue weighted by molar-refractivity contribution is 5.53. The van der Waals surface area contributed by atoms with Crippen LogP contribution in [0, 0.1) is 18.8 Å².